The fourth-order valence-corrected chi connectivity index (χ4v) is 3.35. The lowest BCUT2D eigenvalue weighted by Gasteiger charge is -2.09. The monoisotopic (exact) mass is 394 g/mol. The van der Waals surface area contributed by atoms with E-state index in [9.17, 15) is 8.42 Å². The van der Waals surface area contributed by atoms with Gasteiger partial charge in [-0.3, -0.25) is 9.71 Å². The Morgan fingerprint density at radius 1 is 1.28 bits per heavy atom. The van der Waals surface area contributed by atoms with Crippen LogP contribution in [0.15, 0.2) is 47.6 Å². The molecule has 18 heavy (non-hydrogen) atoms. The Kier molecular flexibility index (Phi) is 4.08. The van der Waals surface area contributed by atoms with Crippen LogP contribution in [0.1, 0.15) is 0 Å². The second-order valence-electron chi connectivity index (χ2n) is 3.42. The predicted molar refractivity (Wildman–Crippen MR) is 79.2 cm³/mol. The van der Waals surface area contributed by atoms with Crippen molar-refractivity contribution in [2.75, 3.05) is 4.72 Å². The molecule has 0 saturated carbocycles. The number of aromatic nitrogens is 1. The van der Waals surface area contributed by atoms with Gasteiger partial charge in [-0.2, -0.15) is 0 Å². The smallest absolute Gasteiger partial charge is 0.264 e. The number of nitrogens with zero attached hydrogens (tertiary/aromatic N) is 1. The Bertz CT molecular complexity index is 676. The van der Waals surface area contributed by atoms with E-state index in [1.54, 1.807) is 18.2 Å². The van der Waals surface area contributed by atoms with Gasteiger partial charge < -0.3 is 0 Å². The molecule has 0 radical (unpaired) electrons. The third-order valence-corrected chi connectivity index (χ3v) is 4.62. The maximum atomic E-state index is 12.1. The lowest BCUT2D eigenvalue weighted by molar-refractivity contribution is 0.601. The van der Waals surface area contributed by atoms with Crippen molar-refractivity contribution in [3.63, 3.8) is 0 Å². The number of hydrogen-bond donors (Lipinski definition) is 1. The number of benzene rings is 1. The van der Waals surface area contributed by atoms with Gasteiger partial charge >= 0.3 is 0 Å². The minimum Gasteiger partial charge on any atom is -0.280 e. The summed E-state index contributed by atoms with van der Waals surface area (Å²) in [6.45, 7) is 0. The molecule has 7 heteroatoms. The van der Waals surface area contributed by atoms with Crippen molar-refractivity contribution < 1.29 is 8.42 Å². The fourth-order valence-electron chi connectivity index (χ4n) is 1.32. The number of nitrogens with one attached hydrogen (secondary N) is 1. The van der Waals surface area contributed by atoms with E-state index in [1.165, 1.54) is 18.5 Å². The van der Waals surface area contributed by atoms with Gasteiger partial charge in [0, 0.05) is 21.7 Å². The molecule has 1 N–H and O–H groups in total. The molecular formula is C11H8ClIN2O2S. The highest BCUT2D eigenvalue weighted by Crippen LogP contribution is 2.22. The maximum absolute atomic E-state index is 12.1. The predicted octanol–water partition coefficient (Wildman–Crippen LogP) is 3.14. The molecule has 0 aliphatic rings. The number of halogens is 2. The van der Waals surface area contributed by atoms with Crippen LogP contribution in [0.4, 0.5) is 5.69 Å². The molecule has 0 saturated heterocycles. The summed E-state index contributed by atoms with van der Waals surface area (Å²) in [4.78, 5) is 3.73. The van der Waals surface area contributed by atoms with Crippen molar-refractivity contribution in [2.45, 2.75) is 4.90 Å². The van der Waals surface area contributed by atoms with Crippen molar-refractivity contribution >= 4 is 49.9 Å². The van der Waals surface area contributed by atoms with E-state index < -0.39 is 10.0 Å². The Balaban J connectivity index is 2.37. The zero-order valence-corrected chi connectivity index (χ0v) is 12.7. The molecule has 0 unspecified atom stereocenters. The average molecular weight is 395 g/mol. The molecule has 0 atom stereocenters. The van der Waals surface area contributed by atoms with E-state index in [0.717, 1.165) is 3.57 Å². The zero-order valence-electron chi connectivity index (χ0n) is 8.97. The molecule has 2 aromatic rings. The molecular weight excluding hydrogens is 387 g/mol. The van der Waals surface area contributed by atoms with E-state index in [-0.39, 0.29) is 9.92 Å². The molecule has 94 valence electrons. The van der Waals surface area contributed by atoms with Crippen molar-refractivity contribution in [3.8, 4) is 0 Å². The summed E-state index contributed by atoms with van der Waals surface area (Å²) in [7, 11) is -3.71. The minimum absolute atomic E-state index is 0.0365. The topological polar surface area (TPSA) is 59.1 Å². The van der Waals surface area contributed by atoms with Crippen LogP contribution < -0.4 is 4.72 Å². The van der Waals surface area contributed by atoms with Crippen molar-refractivity contribution in [3.05, 3.63) is 51.3 Å². The third kappa shape index (κ3) is 3.12. The molecule has 2 rings (SSSR count). The SMILES string of the molecule is O=S(=O)(Nc1cccc(I)c1)c1cnccc1Cl. The first-order valence-electron chi connectivity index (χ1n) is 4.87. The van der Waals surface area contributed by atoms with Crippen molar-refractivity contribution in [1.82, 2.24) is 4.98 Å². The molecule has 0 aliphatic carbocycles. The van der Waals surface area contributed by atoms with Gasteiger partial charge in [-0.1, -0.05) is 17.7 Å². The first-order valence-corrected chi connectivity index (χ1v) is 7.81. The lowest BCUT2D eigenvalue weighted by Crippen LogP contribution is -2.13. The summed E-state index contributed by atoms with van der Waals surface area (Å²) in [6.07, 6.45) is 2.66. The second-order valence-corrected chi connectivity index (χ2v) is 6.73. The van der Waals surface area contributed by atoms with E-state index in [4.69, 9.17) is 11.6 Å². The minimum atomic E-state index is -3.71. The normalized spacial score (nSPS) is 11.2. The summed E-state index contributed by atoms with van der Waals surface area (Å²) < 4.78 is 27.6. The molecule has 0 aliphatic heterocycles. The van der Waals surface area contributed by atoms with Crippen LogP contribution in [0, 0.1) is 3.57 Å². The second kappa shape index (κ2) is 5.41. The Morgan fingerprint density at radius 2 is 2.06 bits per heavy atom. The number of pyridine rings is 1. The molecule has 0 fully saturated rings. The van der Waals surface area contributed by atoms with Crippen LogP contribution in [0.2, 0.25) is 5.02 Å². The van der Waals surface area contributed by atoms with Gasteiger partial charge in [0.1, 0.15) is 4.90 Å². The van der Waals surface area contributed by atoms with Gasteiger partial charge in [0.2, 0.25) is 0 Å². The molecule has 0 bridgehead atoms. The fraction of sp³-hybridized carbons (Fsp3) is 0. The number of sulfonamides is 1. The van der Waals surface area contributed by atoms with Crippen LogP contribution in [0.5, 0.6) is 0 Å². The summed E-state index contributed by atoms with van der Waals surface area (Å²) in [5.74, 6) is 0. The number of anilines is 1. The first kappa shape index (κ1) is 13.6. The zero-order chi connectivity index (χ0) is 13.2. The number of rotatable bonds is 3. The summed E-state index contributed by atoms with van der Waals surface area (Å²) in [6, 6.07) is 8.47. The third-order valence-electron chi connectivity index (χ3n) is 2.10. The van der Waals surface area contributed by atoms with E-state index >= 15 is 0 Å². The molecule has 0 amide bonds. The Morgan fingerprint density at radius 3 is 2.72 bits per heavy atom. The first-order chi connectivity index (χ1) is 8.49. The van der Waals surface area contributed by atoms with Gasteiger partial charge in [0.25, 0.3) is 10.0 Å². The maximum Gasteiger partial charge on any atom is 0.264 e. The largest absolute Gasteiger partial charge is 0.280 e. The lowest BCUT2D eigenvalue weighted by atomic mass is 10.3. The van der Waals surface area contributed by atoms with Crippen LogP contribution >= 0.6 is 34.2 Å². The molecule has 1 aromatic carbocycles. The van der Waals surface area contributed by atoms with Gasteiger partial charge in [0.05, 0.1) is 5.02 Å². The summed E-state index contributed by atoms with van der Waals surface area (Å²) in [5, 5.41) is 0.142. The Labute approximate surface area is 124 Å². The highest BCUT2D eigenvalue weighted by molar-refractivity contribution is 14.1. The summed E-state index contributed by atoms with van der Waals surface area (Å²) in [5.41, 5.74) is 0.488. The molecule has 4 nitrogen and oxygen atoms in total. The van der Waals surface area contributed by atoms with Crippen LogP contribution in [0.25, 0.3) is 0 Å². The van der Waals surface area contributed by atoms with E-state index in [1.807, 2.05) is 6.07 Å². The molecule has 0 spiro atoms. The van der Waals surface area contributed by atoms with Crippen LogP contribution in [-0.4, -0.2) is 13.4 Å². The van der Waals surface area contributed by atoms with Crippen LogP contribution in [0.3, 0.4) is 0 Å². The molecule has 1 aromatic heterocycles. The standard InChI is InChI=1S/C11H8ClIN2O2S/c12-10-4-5-14-7-11(10)18(16,17)15-9-3-1-2-8(13)6-9/h1-7,15H. The van der Waals surface area contributed by atoms with Crippen LogP contribution in [-0.2, 0) is 10.0 Å². The quantitative estimate of drug-likeness (QED) is 0.814. The van der Waals surface area contributed by atoms with E-state index in [0.29, 0.717) is 5.69 Å². The van der Waals surface area contributed by atoms with Crippen molar-refractivity contribution in [1.29, 1.82) is 0 Å². The van der Waals surface area contributed by atoms with E-state index in [2.05, 4.69) is 32.3 Å². The number of hydrogen-bond acceptors (Lipinski definition) is 3. The molecule has 1 heterocycles. The Hall–Kier alpha value is -0.860. The van der Waals surface area contributed by atoms with Gasteiger partial charge in [-0.25, -0.2) is 8.42 Å². The van der Waals surface area contributed by atoms with Gasteiger partial charge in [0.15, 0.2) is 0 Å². The summed E-state index contributed by atoms with van der Waals surface area (Å²) >= 11 is 7.95. The van der Waals surface area contributed by atoms with Crippen molar-refractivity contribution in [2.24, 2.45) is 0 Å². The highest BCUT2D eigenvalue weighted by Gasteiger charge is 2.18. The average Bonchev–Trinajstić information content (AvgIpc) is 2.28. The van der Waals surface area contributed by atoms with Gasteiger partial charge in [-0.15, -0.1) is 0 Å². The highest BCUT2D eigenvalue weighted by atomic mass is 127. The van der Waals surface area contributed by atoms with Gasteiger partial charge in [-0.05, 0) is 46.9 Å².